The van der Waals surface area contributed by atoms with Crippen LogP contribution in [0.4, 0.5) is 5.69 Å². The predicted octanol–water partition coefficient (Wildman–Crippen LogP) is 5.62. The molecule has 0 bridgehead atoms. The Bertz CT molecular complexity index is 1290. The van der Waals surface area contributed by atoms with Gasteiger partial charge in [-0.3, -0.25) is 0 Å². The molecule has 4 heterocycles. The lowest BCUT2D eigenvalue weighted by molar-refractivity contribution is 0.0234. The number of aliphatic hydroxyl groups is 1. The van der Waals surface area contributed by atoms with Gasteiger partial charge in [0, 0.05) is 62.8 Å². The quantitative estimate of drug-likeness (QED) is 0.178. The van der Waals surface area contributed by atoms with Crippen LogP contribution in [0, 0.1) is 6.57 Å². The number of anilines is 1. The number of benzene rings is 1. The molecule has 0 radical (unpaired) electrons. The van der Waals surface area contributed by atoms with E-state index in [1.165, 1.54) is 18.4 Å². The van der Waals surface area contributed by atoms with E-state index in [-0.39, 0.29) is 43.4 Å². The van der Waals surface area contributed by atoms with Crippen LogP contribution < -0.4 is 10.5 Å². The van der Waals surface area contributed by atoms with Gasteiger partial charge in [0.15, 0.2) is 0 Å². The first-order valence-corrected chi connectivity index (χ1v) is 15.4. The maximum Gasteiger partial charge on any atom is 0.336 e. The maximum absolute atomic E-state index is 12.8. The van der Waals surface area contributed by atoms with Crippen molar-refractivity contribution in [2.75, 3.05) is 38.3 Å². The largest absolute Gasteiger partial charge is 0.422 e. The van der Waals surface area contributed by atoms with Gasteiger partial charge in [-0.1, -0.05) is 0 Å². The van der Waals surface area contributed by atoms with Crippen LogP contribution >= 0.6 is 8.53 Å². The van der Waals surface area contributed by atoms with E-state index in [0.29, 0.717) is 18.6 Å². The van der Waals surface area contributed by atoms with Crippen molar-refractivity contribution in [3.05, 3.63) is 50.7 Å². The molecule has 0 amide bonds. The summed E-state index contributed by atoms with van der Waals surface area (Å²) in [4.78, 5) is 18.7. The summed E-state index contributed by atoms with van der Waals surface area (Å²) in [5.41, 5.74) is 4.89. The molecule has 5 rings (SSSR count). The molecule has 10 heteroatoms. The normalized spacial score (nSPS) is 23.5. The van der Waals surface area contributed by atoms with Crippen LogP contribution in [-0.4, -0.2) is 68.9 Å². The first kappa shape index (κ1) is 28.1. The van der Waals surface area contributed by atoms with Crippen LogP contribution in [-0.2, 0) is 26.6 Å². The Balaban J connectivity index is 0.00000129. The number of ether oxygens (including phenoxy) is 1. The Labute approximate surface area is 242 Å². The maximum atomic E-state index is 12.8. The Morgan fingerprint density at radius 2 is 2.02 bits per heavy atom. The lowest BCUT2D eigenvalue weighted by Gasteiger charge is -2.37. The Morgan fingerprint density at radius 3 is 2.70 bits per heavy atom. The van der Waals surface area contributed by atoms with Gasteiger partial charge >= 0.3 is 5.63 Å². The molecule has 4 atom stereocenters. The van der Waals surface area contributed by atoms with Crippen LogP contribution in [0.15, 0.2) is 21.3 Å². The first-order valence-electron chi connectivity index (χ1n) is 15.4. The van der Waals surface area contributed by atoms with Gasteiger partial charge in [0.2, 0.25) is 7.98 Å². The number of rotatable bonds is 9. The average molecular weight is 577 g/mol. The highest BCUT2D eigenvalue weighted by Gasteiger charge is 2.40. The Hall–Kier alpha value is -2.05. The fraction of sp³-hybridized carbons (Fsp3) is 0.667. The Kier molecular flexibility index (Phi) is 9.65. The third-order valence-electron chi connectivity index (χ3n) is 7.68. The minimum Gasteiger partial charge on any atom is -0.422 e. The molecule has 3 aliphatic rings. The lowest BCUT2D eigenvalue weighted by Crippen LogP contribution is -2.35. The van der Waals surface area contributed by atoms with Gasteiger partial charge in [0.05, 0.1) is 18.3 Å². The third kappa shape index (κ3) is 6.38. The van der Waals surface area contributed by atoms with Crippen molar-refractivity contribution in [3.63, 3.8) is 0 Å². The topological polar surface area (TPSA) is 89.0 Å². The fourth-order valence-electron chi connectivity index (χ4n) is 6.20. The molecule has 0 saturated carbocycles. The summed E-state index contributed by atoms with van der Waals surface area (Å²) in [6.45, 7) is 18.3. The standard InChI is InChI=1S/C29H40N3O5P.CH4O/c1-18(2)32(19(3)4)38(34-14-11-30-6)37-25-17-26(35-20(25)5)23-16-27(33)36-29-22-10-8-13-31-12-7-9-21(28(22)31)15-24(23)29;1-2/h15-16,18-20,25-26H,7-14,17H2,1-5H3;2H,1H3/t20-,25?,26-,38?;/m1./s1/i5D;2T. The fourth-order valence-corrected chi connectivity index (χ4v) is 7.95. The number of nitrogens with zero attached hydrogens (tertiary/aromatic N) is 3. The lowest BCUT2D eigenvalue weighted by atomic mass is 9.88. The second-order valence-corrected chi connectivity index (χ2v) is 12.4. The van der Waals surface area contributed by atoms with Crippen LogP contribution in [0.3, 0.4) is 0 Å². The molecule has 220 valence electrons. The second kappa shape index (κ2) is 13.7. The molecule has 1 N–H and O–H groups in total. The highest BCUT2D eigenvalue weighted by molar-refractivity contribution is 7.44. The number of aliphatic hydroxyl groups excluding tert-OH is 1. The number of fused-ring (bicyclic) bond motifs is 2. The Morgan fingerprint density at radius 1 is 1.30 bits per heavy atom. The van der Waals surface area contributed by atoms with E-state index in [4.69, 9.17) is 27.6 Å². The second-order valence-electron chi connectivity index (χ2n) is 11.0. The molecule has 0 aliphatic carbocycles. The minimum atomic E-state index is -1.46. The van der Waals surface area contributed by atoms with Gasteiger partial charge in [0.1, 0.15) is 12.2 Å². The molecule has 2 unspecified atom stereocenters. The van der Waals surface area contributed by atoms with Crippen molar-refractivity contribution in [2.24, 2.45) is 0 Å². The van der Waals surface area contributed by atoms with Crippen molar-refractivity contribution in [1.82, 2.24) is 4.67 Å². The zero-order valence-corrected chi connectivity index (χ0v) is 25.2. The van der Waals surface area contributed by atoms with Crippen molar-refractivity contribution >= 4 is 25.2 Å². The monoisotopic (exact) mass is 576 g/mol. The van der Waals surface area contributed by atoms with Gasteiger partial charge in [-0.15, -0.1) is 0 Å². The molecule has 2 aromatic rings. The molecule has 3 aliphatic heterocycles. The van der Waals surface area contributed by atoms with Crippen LogP contribution in [0.25, 0.3) is 15.8 Å². The molecule has 1 fully saturated rings. The van der Waals surface area contributed by atoms with Crippen LogP contribution in [0.1, 0.15) is 78.0 Å². The van der Waals surface area contributed by atoms with Gasteiger partial charge < -0.3 is 33.1 Å². The van der Waals surface area contributed by atoms with E-state index in [1.54, 1.807) is 6.07 Å². The molecule has 1 aromatic carbocycles. The van der Waals surface area contributed by atoms with E-state index in [1.807, 2.05) is 0 Å². The highest BCUT2D eigenvalue weighted by Crippen LogP contribution is 2.51. The van der Waals surface area contributed by atoms with E-state index >= 15 is 0 Å². The number of aryl methyl sites for hydroxylation is 2. The third-order valence-corrected chi connectivity index (χ3v) is 9.84. The number of hydrogen-bond acceptors (Lipinski definition) is 8. The highest BCUT2D eigenvalue weighted by atomic mass is 31.2. The molecule has 40 heavy (non-hydrogen) atoms. The van der Waals surface area contributed by atoms with E-state index in [9.17, 15) is 4.79 Å². The number of hydrogen-bond donors (Lipinski definition) is 1. The summed E-state index contributed by atoms with van der Waals surface area (Å²) in [6.07, 6.45) is 3.44. The zero-order chi connectivity index (χ0) is 30.4. The smallest absolute Gasteiger partial charge is 0.336 e. The van der Waals surface area contributed by atoms with Crippen LogP contribution in [0.5, 0.6) is 0 Å². The predicted molar refractivity (Wildman–Crippen MR) is 159 cm³/mol. The van der Waals surface area contributed by atoms with Crippen molar-refractivity contribution < 1.29 is 24.7 Å². The summed E-state index contributed by atoms with van der Waals surface area (Å²) in [7, 11) is -0.166. The molecular weight excluding hydrogens is 529 g/mol. The van der Waals surface area contributed by atoms with Gasteiger partial charge in [-0.2, -0.15) is 0 Å². The zero-order valence-electron chi connectivity index (χ0n) is 26.4. The average Bonchev–Trinajstić information content (AvgIpc) is 3.36. The van der Waals surface area contributed by atoms with E-state index in [0.717, 1.165) is 55.3 Å². The van der Waals surface area contributed by atoms with Crippen molar-refractivity contribution in [2.45, 2.75) is 97.1 Å². The summed E-state index contributed by atoms with van der Waals surface area (Å²) in [5.74, 6) is 0. The summed E-state index contributed by atoms with van der Waals surface area (Å²) >= 11 is 0. The SMILES string of the molecule is [2H]C[C@H]1O[C@@H](c2cc(=O)oc3c4c5c(cc23)CCCN5CCC4)CC1OP(OCC[N+]#[C-])N(C(C)C)C(C)C.[3H]OC. The van der Waals surface area contributed by atoms with Crippen LogP contribution in [0.2, 0.25) is 0 Å². The minimum absolute atomic E-state index is 0.0464. The molecule has 1 saturated heterocycles. The summed E-state index contributed by atoms with van der Waals surface area (Å²) < 4.78 is 41.2. The van der Waals surface area contributed by atoms with Gasteiger partial charge in [-0.05, 0) is 77.5 Å². The van der Waals surface area contributed by atoms with Crippen molar-refractivity contribution in [1.29, 1.82) is 1.43 Å². The first-order chi connectivity index (χ1) is 20.2. The summed E-state index contributed by atoms with van der Waals surface area (Å²) in [5, 5.41) is 4.45. The van der Waals surface area contributed by atoms with E-state index < -0.39 is 14.6 Å². The summed E-state index contributed by atoms with van der Waals surface area (Å²) in [6, 6.07) is 4.14. The van der Waals surface area contributed by atoms with E-state index in [2.05, 4.69) is 53.3 Å². The molecule has 1 aromatic heterocycles. The molecule has 0 spiro atoms. The molecule has 9 nitrogen and oxygen atoms in total. The molecular formula is C30H44N3O6P. The van der Waals surface area contributed by atoms with Gasteiger partial charge in [0.25, 0.3) is 8.53 Å². The van der Waals surface area contributed by atoms with Crippen molar-refractivity contribution in [3.8, 4) is 0 Å². The van der Waals surface area contributed by atoms with Gasteiger partial charge in [-0.25, -0.2) is 16.0 Å².